The Balaban J connectivity index is 1.76. The van der Waals surface area contributed by atoms with Crippen molar-refractivity contribution >= 4 is 23.4 Å². The molecule has 3 nitrogen and oxygen atoms in total. The molecular weight excluding hydrogens is 218 g/mol. The van der Waals surface area contributed by atoms with Crippen molar-refractivity contribution in [2.45, 2.75) is 5.75 Å². The lowest BCUT2D eigenvalue weighted by Crippen LogP contribution is -2.43. The predicted octanol–water partition coefficient (Wildman–Crippen LogP) is 1.53. The molecule has 0 bridgehead atoms. The van der Waals surface area contributed by atoms with E-state index in [2.05, 4.69) is 10.3 Å². The lowest BCUT2D eigenvalue weighted by Gasteiger charge is -2.26. The van der Waals surface area contributed by atoms with E-state index in [0.717, 1.165) is 17.5 Å². The standard InChI is InChI=1S/C9H14ClN3S/c1-13-8(10)4-12-9(13)6-14-5-7-2-11-3-7/h4,7,11H,2-3,5-6H2,1H3. The zero-order chi connectivity index (χ0) is 9.97. The second-order valence-corrected chi connectivity index (χ2v) is 5.01. The van der Waals surface area contributed by atoms with Gasteiger partial charge in [0.2, 0.25) is 0 Å². The molecule has 0 aliphatic carbocycles. The van der Waals surface area contributed by atoms with Gasteiger partial charge in [0.25, 0.3) is 0 Å². The number of nitrogens with one attached hydrogen (secondary N) is 1. The van der Waals surface area contributed by atoms with Gasteiger partial charge in [-0.1, -0.05) is 11.6 Å². The summed E-state index contributed by atoms with van der Waals surface area (Å²) in [6.07, 6.45) is 1.71. The summed E-state index contributed by atoms with van der Waals surface area (Å²) in [4.78, 5) is 4.25. The number of hydrogen-bond acceptors (Lipinski definition) is 3. The molecule has 0 aromatic carbocycles. The zero-order valence-corrected chi connectivity index (χ0v) is 9.74. The zero-order valence-electron chi connectivity index (χ0n) is 8.16. The summed E-state index contributed by atoms with van der Waals surface area (Å²) in [5, 5.41) is 3.98. The number of hydrogen-bond donors (Lipinski definition) is 1. The highest BCUT2D eigenvalue weighted by molar-refractivity contribution is 7.98. The molecule has 1 saturated heterocycles. The first-order chi connectivity index (χ1) is 6.77. The fraction of sp³-hybridized carbons (Fsp3) is 0.667. The largest absolute Gasteiger partial charge is 0.322 e. The molecule has 2 heterocycles. The van der Waals surface area contributed by atoms with Crippen molar-refractivity contribution in [2.24, 2.45) is 13.0 Å². The van der Waals surface area contributed by atoms with E-state index in [1.54, 1.807) is 6.20 Å². The highest BCUT2D eigenvalue weighted by atomic mass is 35.5. The van der Waals surface area contributed by atoms with Crippen molar-refractivity contribution in [3.63, 3.8) is 0 Å². The lowest BCUT2D eigenvalue weighted by molar-refractivity contribution is 0.385. The van der Waals surface area contributed by atoms with Gasteiger partial charge in [-0.15, -0.1) is 0 Å². The molecule has 5 heteroatoms. The average Bonchev–Trinajstić information content (AvgIpc) is 2.40. The van der Waals surface area contributed by atoms with Crippen LogP contribution in [0.15, 0.2) is 6.20 Å². The third-order valence-electron chi connectivity index (χ3n) is 2.48. The summed E-state index contributed by atoms with van der Waals surface area (Å²) in [5.74, 6) is 4.10. The minimum absolute atomic E-state index is 0.714. The molecule has 0 radical (unpaired) electrons. The average molecular weight is 232 g/mol. The van der Waals surface area contributed by atoms with E-state index in [-0.39, 0.29) is 0 Å². The van der Waals surface area contributed by atoms with Crippen molar-refractivity contribution in [2.75, 3.05) is 18.8 Å². The summed E-state index contributed by atoms with van der Waals surface area (Å²) >= 11 is 7.83. The molecule has 1 aliphatic rings. The normalized spacial score (nSPS) is 17.0. The van der Waals surface area contributed by atoms with Crippen LogP contribution < -0.4 is 5.32 Å². The Bertz CT molecular complexity index is 309. The second-order valence-electron chi connectivity index (χ2n) is 3.60. The van der Waals surface area contributed by atoms with Crippen molar-refractivity contribution in [3.05, 3.63) is 17.2 Å². The van der Waals surface area contributed by atoms with Crippen molar-refractivity contribution in [1.29, 1.82) is 0 Å². The quantitative estimate of drug-likeness (QED) is 0.853. The van der Waals surface area contributed by atoms with Gasteiger partial charge in [0.05, 0.1) is 11.9 Å². The third kappa shape index (κ3) is 2.24. The Morgan fingerprint density at radius 3 is 3.00 bits per heavy atom. The maximum absolute atomic E-state index is 5.89. The molecule has 1 N–H and O–H groups in total. The Kier molecular flexibility index (Phi) is 3.36. The molecule has 2 rings (SSSR count). The van der Waals surface area contributed by atoms with E-state index < -0.39 is 0 Å². The molecule has 0 spiro atoms. The van der Waals surface area contributed by atoms with Crippen LogP contribution >= 0.6 is 23.4 Å². The summed E-state index contributed by atoms with van der Waals surface area (Å²) in [6, 6.07) is 0. The van der Waals surface area contributed by atoms with Gasteiger partial charge in [-0.3, -0.25) is 0 Å². The van der Waals surface area contributed by atoms with Gasteiger partial charge in [0.15, 0.2) is 0 Å². The van der Waals surface area contributed by atoms with Crippen molar-refractivity contribution < 1.29 is 0 Å². The summed E-state index contributed by atoms with van der Waals surface area (Å²) in [6.45, 7) is 2.35. The Morgan fingerprint density at radius 1 is 1.71 bits per heavy atom. The van der Waals surface area contributed by atoms with E-state index in [1.807, 2.05) is 23.4 Å². The van der Waals surface area contributed by atoms with E-state index in [4.69, 9.17) is 11.6 Å². The van der Waals surface area contributed by atoms with Crippen LogP contribution in [0, 0.1) is 5.92 Å². The number of aromatic nitrogens is 2. The fourth-order valence-corrected chi connectivity index (χ4v) is 2.63. The number of rotatable bonds is 4. The minimum Gasteiger partial charge on any atom is -0.322 e. The summed E-state index contributed by atoms with van der Waals surface area (Å²) in [5.41, 5.74) is 0. The molecular formula is C9H14ClN3S. The molecule has 1 aromatic rings. The highest BCUT2D eigenvalue weighted by Crippen LogP contribution is 2.18. The van der Waals surface area contributed by atoms with Crippen LogP contribution in [-0.2, 0) is 12.8 Å². The van der Waals surface area contributed by atoms with Crippen LogP contribution in [0.2, 0.25) is 5.15 Å². The molecule has 1 fully saturated rings. The van der Waals surface area contributed by atoms with Gasteiger partial charge in [0.1, 0.15) is 11.0 Å². The SMILES string of the molecule is Cn1c(Cl)cnc1CSCC1CNC1. The number of imidazole rings is 1. The highest BCUT2D eigenvalue weighted by Gasteiger charge is 2.16. The first-order valence-corrected chi connectivity index (χ1v) is 6.25. The molecule has 1 aliphatic heterocycles. The first kappa shape index (κ1) is 10.3. The lowest BCUT2D eigenvalue weighted by atomic mass is 10.1. The minimum atomic E-state index is 0.714. The Morgan fingerprint density at radius 2 is 2.50 bits per heavy atom. The van der Waals surface area contributed by atoms with Gasteiger partial charge >= 0.3 is 0 Å². The van der Waals surface area contributed by atoms with E-state index >= 15 is 0 Å². The number of halogens is 1. The molecule has 0 amide bonds. The van der Waals surface area contributed by atoms with Gasteiger partial charge in [-0.2, -0.15) is 11.8 Å². The van der Waals surface area contributed by atoms with Crippen LogP contribution in [0.4, 0.5) is 0 Å². The number of thioether (sulfide) groups is 1. The maximum Gasteiger partial charge on any atom is 0.128 e. The molecule has 1 aromatic heterocycles. The molecule has 0 unspecified atom stereocenters. The molecule has 14 heavy (non-hydrogen) atoms. The van der Waals surface area contributed by atoms with Gasteiger partial charge in [-0.25, -0.2) is 4.98 Å². The first-order valence-electron chi connectivity index (χ1n) is 4.72. The van der Waals surface area contributed by atoms with Crippen LogP contribution in [0.3, 0.4) is 0 Å². The van der Waals surface area contributed by atoms with Gasteiger partial charge in [0, 0.05) is 7.05 Å². The van der Waals surface area contributed by atoms with Crippen molar-refractivity contribution in [1.82, 2.24) is 14.9 Å². The number of nitrogens with zero attached hydrogens (tertiary/aromatic N) is 2. The van der Waals surface area contributed by atoms with Gasteiger partial charge < -0.3 is 9.88 Å². The Labute approximate surface area is 93.2 Å². The molecule has 0 atom stereocenters. The molecule has 0 saturated carbocycles. The van der Waals surface area contributed by atoms with Crippen LogP contribution in [0.1, 0.15) is 5.82 Å². The van der Waals surface area contributed by atoms with E-state index in [9.17, 15) is 0 Å². The third-order valence-corrected chi connectivity index (χ3v) is 4.00. The Hall–Kier alpha value is -0.190. The van der Waals surface area contributed by atoms with Crippen LogP contribution in [0.25, 0.3) is 0 Å². The maximum atomic E-state index is 5.89. The van der Waals surface area contributed by atoms with Crippen molar-refractivity contribution in [3.8, 4) is 0 Å². The van der Waals surface area contributed by atoms with E-state index in [0.29, 0.717) is 5.15 Å². The predicted molar refractivity (Wildman–Crippen MR) is 60.7 cm³/mol. The topological polar surface area (TPSA) is 29.9 Å². The van der Waals surface area contributed by atoms with Crippen LogP contribution in [-0.4, -0.2) is 28.4 Å². The van der Waals surface area contributed by atoms with Crippen LogP contribution in [0.5, 0.6) is 0 Å². The van der Waals surface area contributed by atoms with E-state index in [1.165, 1.54) is 18.8 Å². The smallest absolute Gasteiger partial charge is 0.128 e. The fourth-order valence-electron chi connectivity index (χ4n) is 1.34. The molecule has 78 valence electrons. The summed E-state index contributed by atoms with van der Waals surface area (Å²) < 4.78 is 1.94. The monoisotopic (exact) mass is 231 g/mol. The summed E-state index contributed by atoms with van der Waals surface area (Å²) in [7, 11) is 1.95. The van der Waals surface area contributed by atoms with Gasteiger partial charge in [-0.05, 0) is 24.8 Å². The second kappa shape index (κ2) is 4.55.